The second-order valence-electron chi connectivity index (χ2n) is 10.8. The Morgan fingerprint density at radius 3 is 1.83 bits per heavy atom. The maximum Gasteiger partial charge on any atom is 0.295 e. The van der Waals surface area contributed by atoms with Crippen LogP contribution in [0.2, 0.25) is 0 Å². The lowest BCUT2D eigenvalue weighted by Gasteiger charge is -2.24. The molecule has 2 saturated carbocycles. The Labute approximate surface area is 216 Å². The van der Waals surface area contributed by atoms with E-state index in [1.54, 1.807) is 7.05 Å². The quantitative estimate of drug-likeness (QED) is 0.322. The summed E-state index contributed by atoms with van der Waals surface area (Å²) in [4.78, 5) is 28.5. The van der Waals surface area contributed by atoms with Crippen molar-refractivity contribution in [1.82, 2.24) is 24.6 Å². The number of hydrogen-bond donors (Lipinski definition) is 0. The van der Waals surface area contributed by atoms with Crippen molar-refractivity contribution in [3.05, 3.63) is 34.9 Å². The summed E-state index contributed by atoms with van der Waals surface area (Å²) < 4.78 is 3.90. The molecule has 36 heavy (non-hydrogen) atoms. The molecule has 0 bridgehead atoms. The summed E-state index contributed by atoms with van der Waals surface area (Å²) in [5.74, 6) is 0.584. The number of carbonyl (C=O) groups is 2. The van der Waals surface area contributed by atoms with Crippen LogP contribution in [0.5, 0.6) is 0 Å². The summed E-state index contributed by atoms with van der Waals surface area (Å²) >= 11 is 0. The summed E-state index contributed by atoms with van der Waals surface area (Å²) in [6, 6.07) is 4.64. The van der Waals surface area contributed by atoms with Crippen LogP contribution in [-0.4, -0.2) is 51.0 Å². The second kappa shape index (κ2) is 13.2. The highest BCUT2D eigenvalue weighted by Gasteiger charge is 2.26. The van der Waals surface area contributed by atoms with Crippen LogP contribution in [0.3, 0.4) is 0 Å². The number of amides is 1. The Hall–Kier alpha value is -2.48. The zero-order valence-electron chi connectivity index (χ0n) is 23.1. The topological polar surface area (TPSA) is 82.2 Å². The largest absolute Gasteiger partial charge is 0.296 e. The average molecular weight is 500 g/mol. The third-order valence-electron chi connectivity index (χ3n) is 7.46. The summed E-state index contributed by atoms with van der Waals surface area (Å²) in [6.45, 7) is 8.42. The molecule has 0 aromatic carbocycles. The van der Waals surface area contributed by atoms with E-state index in [0.717, 1.165) is 36.2 Å². The molecule has 2 heterocycles. The summed E-state index contributed by atoms with van der Waals surface area (Å²) in [7, 11) is 3.14. The molecular weight excluding hydrogens is 454 g/mol. The van der Waals surface area contributed by atoms with E-state index in [1.165, 1.54) is 63.5 Å². The zero-order chi connectivity index (χ0) is 26.2. The molecule has 1 amide bonds. The maximum atomic E-state index is 12.4. The summed E-state index contributed by atoms with van der Waals surface area (Å²) in [6.07, 6.45) is 13.1. The molecule has 2 aromatic rings. The lowest BCUT2D eigenvalue weighted by Crippen LogP contribution is -2.29. The van der Waals surface area contributed by atoms with Gasteiger partial charge in [0.15, 0.2) is 6.29 Å². The van der Waals surface area contributed by atoms with Gasteiger partial charge in [0.2, 0.25) is 0 Å². The highest BCUT2D eigenvalue weighted by atomic mass is 16.7. The van der Waals surface area contributed by atoms with Crippen LogP contribution in [0.1, 0.15) is 148 Å². The van der Waals surface area contributed by atoms with E-state index in [0.29, 0.717) is 29.6 Å². The molecule has 4 rings (SSSR count). The number of carbonyl (C=O) groups excluding carboxylic acids is 2. The second-order valence-corrected chi connectivity index (χ2v) is 10.8. The van der Waals surface area contributed by atoms with Crippen LogP contribution >= 0.6 is 0 Å². The molecule has 0 radical (unpaired) electrons. The van der Waals surface area contributed by atoms with E-state index in [4.69, 9.17) is 4.84 Å². The first-order valence-electron chi connectivity index (χ1n) is 13.7. The highest BCUT2D eigenvalue weighted by molar-refractivity contribution is 5.91. The molecule has 2 aromatic heterocycles. The van der Waals surface area contributed by atoms with Gasteiger partial charge in [-0.3, -0.25) is 23.8 Å². The number of aromatic nitrogens is 4. The zero-order valence-corrected chi connectivity index (χ0v) is 23.1. The van der Waals surface area contributed by atoms with Gasteiger partial charge in [-0.05, 0) is 49.7 Å². The van der Waals surface area contributed by atoms with Gasteiger partial charge >= 0.3 is 0 Å². The van der Waals surface area contributed by atoms with Crippen molar-refractivity contribution in [2.24, 2.45) is 0 Å². The molecule has 0 aliphatic heterocycles. The Morgan fingerprint density at radius 1 is 0.889 bits per heavy atom. The molecule has 2 aliphatic carbocycles. The fraction of sp³-hybridized carbons (Fsp3) is 0.714. The van der Waals surface area contributed by atoms with E-state index >= 15 is 0 Å². The molecule has 0 saturated heterocycles. The van der Waals surface area contributed by atoms with Crippen molar-refractivity contribution in [2.45, 2.75) is 116 Å². The molecule has 200 valence electrons. The minimum Gasteiger partial charge on any atom is -0.296 e. The van der Waals surface area contributed by atoms with E-state index in [1.807, 2.05) is 21.5 Å². The van der Waals surface area contributed by atoms with E-state index in [9.17, 15) is 9.59 Å². The van der Waals surface area contributed by atoms with Gasteiger partial charge in [-0.2, -0.15) is 10.2 Å². The number of rotatable bonds is 7. The van der Waals surface area contributed by atoms with Gasteiger partial charge < -0.3 is 0 Å². The first kappa shape index (κ1) is 28.1. The number of nitrogens with zero attached hydrogens (tertiary/aromatic N) is 5. The molecule has 2 fully saturated rings. The van der Waals surface area contributed by atoms with E-state index < -0.39 is 0 Å². The molecule has 0 atom stereocenters. The maximum absolute atomic E-state index is 12.4. The Balaban J connectivity index is 0.000000205. The lowest BCUT2D eigenvalue weighted by molar-refractivity contribution is -0.0765. The Morgan fingerprint density at radius 2 is 1.36 bits per heavy atom. The fourth-order valence-corrected chi connectivity index (χ4v) is 5.12. The minimum atomic E-state index is -0.127. The fourth-order valence-electron chi connectivity index (χ4n) is 5.12. The van der Waals surface area contributed by atoms with Crippen LogP contribution < -0.4 is 0 Å². The molecule has 8 heteroatoms. The van der Waals surface area contributed by atoms with Crippen molar-refractivity contribution in [3.63, 3.8) is 0 Å². The number of hydroxylamine groups is 2. The lowest BCUT2D eigenvalue weighted by atomic mass is 9.95. The van der Waals surface area contributed by atoms with E-state index in [2.05, 4.69) is 37.9 Å². The SMILES string of the molecule is CC(C)c1cc(C=O)n(C2CCCCC2)n1.CON(C)C(=O)c1cc(C(C)C)nn1C1CCCCC1. The number of hydrogen-bond acceptors (Lipinski definition) is 5. The smallest absolute Gasteiger partial charge is 0.295 e. The highest BCUT2D eigenvalue weighted by Crippen LogP contribution is 2.31. The molecule has 0 spiro atoms. The average Bonchev–Trinajstić information content (AvgIpc) is 3.55. The van der Waals surface area contributed by atoms with Crippen LogP contribution in [-0.2, 0) is 4.84 Å². The van der Waals surface area contributed by atoms with Gasteiger partial charge in [-0.25, -0.2) is 5.06 Å². The number of aldehydes is 1. The van der Waals surface area contributed by atoms with Crippen LogP contribution in [0.4, 0.5) is 0 Å². The minimum absolute atomic E-state index is 0.127. The van der Waals surface area contributed by atoms with Crippen molar-refractivity contribution in [1.29, 1.82) is 0 Å². The summed E-state index contributed by atoms with van der Waals surface area (Å²) in [5, 5.41) is 10.5. The molecule has 0 N–H and O–H groups in total. The van der Waals surface area contributed by atoms with Gasteiger partial charge in [0.05, 0.1) is 30.6 Å². The summed E-state index contributed by atoms with van der Waals surface area (Å²) in [5.41, 5.74) is 3.40. The molecule has 0 unspecified atom stereocenters. The van der Waals surface area contributed by atoms with E-state index in [-0.39, 0.29) is 5.91 Å². The molecule has 8 nitrogen and oxygen atoms in total. The third kappa shape index (κ3) is 6.84. The van der Waals surface area contributed by atoms with Gasteiger partial charge in [0.25, 0.3) is 5.91 Å². The van der Waals surface area contributed by atoms with Crippen LogP contribution in [0, 0.1) is 0 Å². The normalized spacial score (nSPS) is 17.2. The first-order chi connectivity index (χ1) is 17.3. The Kier molecular flexibility index (Phi) is 10.3. The predicted molar refractivity (Wildman–Crippen MR) is 141 cm³/mol. The first-order valence-corrected chi connectivity index (χ1v) is 13.7. The van der Waals surface area contributed by atoms with Gasteiger partial charge in [-0.1, -0.05) is 66.2 Å². The van der Waals surface area contributed by atoms with Crippen molar-refractivity contribution in [2.75, 3.05) is 14.2 Å². The monoisotopic (exact) mass is 499 g/mol. The molecular formula is C28H45N5O3. The molecule has 2 aliphatic rings. The predicted octanol–water partition coefficient (Wildman–Crippen LogP) is 6.47. The van der Waals surface area contributed by atoms with Gasteiger partial charge in [-0.15, -0.1) is 0 Å². The van der Waals surface area contributed by atoms with Gasteiger partial charge in [0, 0.05) is 7.05 Å². The Bertz CT molecular complexity index is 981. The standard InChI is InChI=1S/C15H25N3O2.C13H20N2O/c1-11(2)13-10-14(15(19)17(3)20-4)18(16-13)12-8-6-5-7-9-12;1-10(2)13-8-12(9-16)15(14-13)11-6-4-3-5-7-11/h10-12H,5-9H2,1-4H3;8-11H,3-7H2,1-2H3. The van der Waals surface area contributed by atoms with Crippen LogP contribution in [0.15, 0.2) is 12.1 Å². The van der Waals surface area contributed by atoms with Crippen molar-refractivity contribution in [3.8, 4) is 0 Å². The van der Waals surface area contributed by atoms with Crippen molar-refractivity contribution >= 4 is 12.2 Å². The van der Waals surface area contributed by atoms with Gasteiger partial charge in [0.1, 0.15) is 11.4 Å². The van der Waals surface area contributed by atoms with Crippen molar-refractivity contribution < 1.29 is 14.4 Å². The third-order valence-corrected chi connectivity index (χ3v) is 7.46. The van der Waals surface area contributed by atoms with Crippen LogP contribution in [0.25, 0.3) is 0 Å².